The molecule has 0 amide bonds. The summed E-state index contributed by atoms with van der Waals surface area (Å²) in [5, 5.41) is 9.31. The van der Waals surface area contributed by atoms with Crippen LogP contribution in [0.5, 0.6) is 0 Å². The third-order valence-electron chi connectivity index (χ3n) is 6.80. The lowest BCUT2D eigenvalue weighted by atomic mass is 9.98. The first-order valence-electron chi connectivity index (χ1n) is 11.2. The third kappa shape index (κ3) is 4.48. The van der Waals surface area contributed by atoms with E-state index in [1.807, 2.05) is 24.8 Å². The smallest absolute Gasteiger partial charge is 0.364 e. The van der Waals surface area contributed by atoms with Crippen molar-refractivity contribution < 1.29 is 17.6 Å². The minimum Gasteiger partial charge on any atom is -0.364 e. The fourth-order valence-electron chi connectivity index (χ4n) is 4.84. The summed E-state index contributed by atoms with van der Waals surface area (Å²) >= 11 is 0. The average Bonchev–Trinajstić information content (AvgIpc) is 2.81. The molecule has 184 valence electrons. The number of alkyl halides is 3. The van der Waals surface area contributed by atoms with Gasteiger partial charge in [0.2, 0.25) is 0 Å². The van der Waals surface area contributed by atoms with Crippen LogP contribution in [0.1, 0.15) is 43.6 Å². The Balaban J connectivity index is 1.66. The van der Waals surface area contributed by atoms with Crippen molar-refractivity contribution in [2.75, 3.05) is 18.0 Å². The maximum Gasteiger partial charge on any atom is 0.416 e. The molecule has 3 heterocycles. The molecule has 35 heavy (non-hydrogen) atoms. The molecule has 0 radical (unpaired) electrons. The first-order chi connectivity index (χ1) is 16.4. The minimum atomic E-state index is -4.61. The number of aromatic nitrogens is 2. The number of nitrogens with zero attached hydrogens (tertiary/aromatic N) is 5. The van der Waals surface area contributed by atoms with E-state index in [0.717, 1.165) is 6.07 Å². The fourth-order valence-corrected chi connectivity index (χ4v) is 4.84. The largest absolute Gasteiger partial charge is 0.416 e. The van der Waals surface area contributed by atoms with Crippen molar-refractivity contribution in [1.82, 2.24) is 14.5 Å². The molecule has 0 saturated carbocycles. The molecule has 1 saturated heterocycles. The van der Waals surface area contributed by atoms with Crippen LogP contribution in [0.4, 0.5) is 23.2 Å². The van der Waals surface area contributed by atoms with E-state index in [4.69, 9.17) is 0 Å². The molecule has 0 spiro atoms. The molecule has 4 rings (SSSR count). The lowest BCUT2D eigenvalue weighted by Gasteiger charge is -2.47. The molecular weight excluding hydrogens is 462 g/mol. The Morgan fingerprint density at radius 1 is 1.11 bits per heavy atom. The second-order valence-corrected chi connectivity index (χ2v) is 9.06. The molecule has 1 aliphatic heterocycles. The van der Waals surface area contributed by atoms with Crippen molar-refractivity contribution in [2.45, 2.75) is 45.1 Å². The van der Waals surface area contributed by atoms with E-state index in [1.165, 1.54) is 16.7 Å². The highest BCUT2D eigenvalue weighted by atomic mass is 19.4. The lowest BCUT2D eigenvalue weighted by molar-refractivity contribution is -0.137. The van der Waals surface area contributed by atoms with Gasteiger partial charge in [0.05, 0.1) is 16.8 Å². The zero-order valence-electron chi connectivity index (χ0n) is 19.8. The summed E-state index contributed by atoms with van der Waals surface area (Å²) in [6.07, 6.45) is -4.61. The van der Waals surface area contributed by atoms with Crippen molar-refractivity contribution >= 4 is 16.7 Å². The van der Waals surface area contributed by atoms with Gasteiger partial charge in [-0.15, -0.1) is 0 Å². The Bertz CT molecular complexity index is 1380. The van der Waals surface area contributed by atoms with Crippen LogP contribution >= 0.6 is 0 Å². The monoisotopic (exact) mass is 487 g/mol. The molecule has 3 aromatic rings. The average molecular weight is 488 g/mol. The lowest BCUT2D eigenvalue weighted by Crippen LogP contribution is -2.57. The van der Waals surface area contributed by atoms with Crippen LogP contribution in [0.2, 0.25) is 0 Å². The molecule has 6 nitrogen and oxygen atoms in total. The molecular formula is C25H25F4N5O. The van der Waals surface area contributed by atoms with E-state index in [-0.39, 0.29) is 28.9 Å². The van der Waals surface area contributed by atoms with Crippen LogP contribution in [0.3, 0.4) is 0 Å². The standard InChI is InChI=1S/C25H25F4N5O/c1-14-13-34(22-10-23(35)32(4)21-8-6-18(11-30)31-24(21)22)15(2)12-33(14)16(3)19-7-5-17(9-20(19)26)25(27,28)29/h5-10,14-16H,12-13H2,1-4H3/t14-,15+,16?/m1/s1. The number of hydrogen-bond acceptors (Lipinski definition) is 5. The summed E-state index contributed by atoms with van der Waals surface area (Å²) in [6, 6.07) is 8.77. The molecule has 0 bridgehead atoms. The Kier molecular flexibility index (Phi) is 6.32. The first-order valence-corrected chi connectivity index (χ1v) is 11.2. The van der Waals surface area contributed by atoms with Gasteiger partial charge < -0.3 is 9.47 Å². The van der Waals surface area contributed by atoms with Crippen LogP contribution in [0.15, 0.2) is 41.2 Å². The topological polar surface area (TPSA) is 65.2 Å². The van der Waals surface area contributed by atoms with Crippen LogP contribution < -0.4 is 10.5 Å². The van der Waals surface area contributed by atoms with Crippen LogP contribution in [-0.4, -0.2) is 39.6 Å². The minimum absolute atomic E-state index is 0.110. The molecule has 2 aromatic heterocycles. The van der Waals surface area contributed by atoms with Crippen molar-refractivity contribution in [3.63, 3.8) is 0 Å². The number of halogens is 4. The number of pyridine rings is 2. The highest BCUT2D eigenvalue weighted by molar-refractivity contribution is 5.89. The molecule has 0 aliphatic carbocycles. The van der Waals surface area contributed by atoms with Crippen LogP contribution in [-0.2, 0) is 13.2 Å². The maximum absolute atomic E-state index is 14.7. The number of benzene rings is 1. The number of aryl methyl sites for hydroxylation is 1. The van der Waals surface area contributed by atoms with Gasteiger partial charge in [-0.1, -0.05) is 6.07 Å². The number of rotatable bonds is 3. The molecule has 10 heteroatoms. The molecule has 0 N–H and O–H groups in total. The zero-order chi connectivity index (χ0) is 25.7. The molecule has 1 aromatic carbocycles. The first kappa shape index (κ1) is 24.7. The van der Waals surface area contributed by atoms with E-state index in [1.54, 1.807) is 26.1 Å². The molecule has 1 aliphatic rings. The van der Waals surface area contributed by atoms with Gasteiger partial charge in [-0.05, 0) is 45.0 Å². The summed E-state index contributed by atoms with van der Waals surface area (Å²) in [5.74, 6) is -0.889. The number of fused-ring (bicyclic) bond motifs is 1. The van der Waals surface area contributed by atoms with Gasteiger partial charge in [-0.2, -0.15) is 18.4 Å². The SMILES string of the molecule is CC(c1ccc(C(F)(F)F)cc1F)N1C[C@H](C)N(c2cc(=O)n(C)c3ccc(C#N)nc23)C[C@H]1C. The van der Waals surface area contributed by atoms with E-state index < -0.39 is 23.6 Å². The van der Waals surface area contributed by atoms with E-state index in [0.29, 0.717) is 35.9 Å². The number of piperazine rings is 1. The fraction of sp³-hybridized carbons (Fsp3) is 0.400. The van der Waals surface area contributed by atoms with Gasteiger partial charge in [-0.25, -0.2) is 9.37 Å². The summed E-state index contributed by atoms with van der Waals surface area (Å²) < 4.78 is 55.0. The van der Waals surface area contributed by atoms with Crippen molar-refractivity contribution in [3.8, 4) is 6.07 Å². The second kappa shape index (κ2) is 8.96. The van der Waals surface area contributed by atoms with Gasteiger partial charge >= 0.3 is 6.18 Å². The molecule has 1 fully saturated rings. The summed E-state index contributed by atoms with van der Waals surface area (Å²) in [6.45, 7) is 6.66. The third-order valence-corrected chi connectivity index (χ3v) is 6.80. The van der Waals surface area contributed by atoms with Crippen molar-refractivity contribution in [3.05, 3.63) is 69.4 Å². The Labute approximate surface area is 200 Å². The molecule has 1 unspecified atom stereocenters. The van der Waals surface area contributed by atoms with E-state index in [2.05, 4.69) is 9.88 Å². The van der Waals surface area contributed by atoms with Crippen LogP contribution in [0.25, 0.3) is 11.0 Å². The Morgan fingerprint density at radius 2 is 1.83 bits per heavy atom. The van der Waals surface area contributed by atoms with Gasteiger partial charge in [0.15, 0.2) is 0 Å². The van der Waals surface area contributed by atoms with Gasteiger partial charge in [0.1, 0.15) is 23.1 Å². The number of anilines is 1. The van der Waals surface area contributed by atoms with Gasteiger partial charge in [0, 0.05) is 49.9 Å². The van der Waals surface area contributed by atoms with Crippen molar-refractivity contribution in [2.24, 2.45) is 7.05 Å². The quantitative estimate of drug-likeness (QED) is 0.505. The number of nitriles is 1. The molecule has 3 atom stereocenters. The van der Waals surface area contributed by atoms with Gasteiger partial charge in [-0.3, -0.25) is 9.69 Å². The highest BCUT2D eigenvalue weighted by Crippen LogP contribution is 2.35. The Hall–Kier alpha value is -3.45. The second-order valence-electron chi connectivity index (χ2n) is 9.06. The normalized spacial score (nSPS) is 20.1. The zero-order valence-corrected chi connectivity index (χ0v) is 19.8. The Morgan fingerprint density at radius 3 is 2.46 bits per heavy atom. The van der Waals surface area contributed by atoms with Crippen molar-refractivity contribution in [1.29, 1.82) is 5.26 Å². The summed E-state index contributed by atoms with van der Waals surface area (Å²) in [4.78, 5) is 21.2. The maximum atomic E-state index is 14.7. The van der Waals surface area contributed by atoms with Gasteiger partial charge in [0.25, 0.3) is 5.56 Å². The summed E-state index contributed by atoms with van der Waals surface area (Å²) in [7, 11) is 1.65. The van der Waals surface area contributed by atoms with E-state index >= 15 is 0 Å². The van der Waals surface area contributed by atoms with Crippen LogP contribution in [0, 0.1) is 17.1 Å². The highest BCUT2D eigenvalue weighted by Gasteiger charge is 2.36. The van der Waals surface area contributed by atoms with E-state index in [9.17, 15) is 27.6 Å². The predicted octanol–water partition coefficient (Wildman–Crippen LogP) is 4.62. The summed E-state index contributed by atoms with van der Waals surface area (Å²) in [5.41, 5.74) is 0.982. The number of hydrogen-bond donors (Lipinski definition) is 0. The predicted molar refractivity (Wildman–Crippen MR) is 124 cm³/mol.